The number of hydrogen-bond acceptors (Lipinski definition) is 5. The van der Waals surface area contributed by atoms with Crippen LogP contribution >= 0.6 is 0 Å². The van der Waals surface area contributed by atoms with Crippen LogP contribution in [0.4, 0.5) is 5.69 Å². The first kappa shape index (κ1) is 17.2. The number of amides is 1. The summed E-state index contributed by atoms with van der Waals surface area (Å²) in [6.45, 7) is 3.06. The third-order valence-electron chi connectivity index (χ3n) is 4.76. The number of rotatable bonds is 3. The summed E-state index contributed by atoms with van der Waals surface area (Å²) in [6.07, 6.45) is 2.97. The van der Waals surface area contributed by atoms with Crippen molar-refractivity contribution in [2.24, 2.45) is 0 Å². The van der Waals surface area contributed by atoms with Gasteiger partial charge in [-0.05, 0) is 31.9 Å². The number of benzene rings is 1. The normalized spacial score (nSPS) is 20.3. The number of aliphatic hydroxyl groups is 1. The van der Waals surface area contributed by atoms with Gasteiger partial charge in [0, 0.05) is 31.7 Å². The minimum atomic E-state index is -1.09. The van der Waals surface area contributed by atoms with Crippen LogP contribution in [0.15, 0.2) is 24.4 Å². The van der Waals surface area contributed by atoms with Crippen LogP contribution in [0.1, 0.15) is 30.4 Å². The molecule has 3 rings (SSSR count). The van der Waals surface area contributed by atoms with E-state index in [9.17, 15) is 15.2 Å². The first-order chi connectivity index (χ1) is 12.0. The molecule has 2 N–H and O–H groups in total. The Hall–Kier alpha value is -2.65. The number of aryl methyl sites for hydroxylation is 1. The summed E-state index contributed by atoms with van der Waals surface area (Å²) in [5.41, 5.74) is 2.10. The molecule has 0 radical (unpaired) electrons. The third-order valence-corrected chi connectivity index (χ3v) is 4.76. The zero-order chi connectivity index (χ0) is 18.0. The Balaban J connectivity index is 2.04. The molecular formula is C19H22N4O2. The Bertz CT molecular complexity index is 858. The van der Waals surface area contributed by atoms with E-state index in [1.54, 1.807) is 13.2 Å². The van der Waals surface area contributed by atoms with Crippen molar-refractivity contribution in [3.05, 3.63) is 35.5 Å². The second kappa shape index (κ2) is 6.69. The van der Waals surface area contributed by atoms with Crippen molar-refractivity contribution in [3.63, 3.8) is 0 Å². The third kappa shape index (κ3) is 3.42. The number of β-amino-alcohol motifs (C(OH)–C–C–N with tert-alkyl or cyclic N) is 1. The predicted octanol–water partition coefficient (Wildman–Crippen LogP) is 1.88. The monoisotopic (exact) mass is 338 g/mol. The zero-order valence-electron chi connectivity index (χ0n) is 14.5. The number of piperidine rings is 1. The maximum absolute atomic E-state index is 11.8. The van der Waals surface area contributed by atoms with Gasteiger partial charge in [0.15, 0.2) is 0 Å². The van der Waals surface area contributed by atoms with Crippen LogP contribution in [0.3, 0.4) is 0 Å². The maximum Gasteiger partial charge on any atom is 0.222 e. The van der Waals surface area contributed by atoms with Crippen LogP contribution in [-0.4, -0.2) is 41.7 Å². The van der Waals surface area contributed by atoms with Gasteiger partial charge in [-0.3, -0.25) is 9.78 Å². The highest BCUT2D eigenvalue weighted by Crippen LogP contribution is 2.35. The molecule has 1 aromatic carbocycles. The predicted molar refractivity (Wildman–Crippen MR) is 96.3 cm³/mol. The fourth-order valence-corrected chi connectivity index (χ4v) is 3.55. The molecule has 1 aliphatic rings. The number of anilines is 1. The molecule has 0 saturated carbocycles. The van der Waals surface area contributed by atoms with Crippen LogP contribution in [0.25, 0.3) is 10.9 Å². The van der Waals surface area contributed by atoms with Crippen molar-refractivity contribution in [3.8, 4) is 6.07 Å². The van der Waals surface area contributed by atoms with E-state index in [-0.39, 0.29) is 12.3 Å². The standard InChI is InChI=1S/C19H22N4O2/c1-13-4-5-16-15(8-13)18(14(10-20)11-22-16)23-7-3-6-19(25,12-23)9-17(24)21-2/h4-5,8,11,25H,3,6-7,9,12H2,1-2H3,(H,21,24). The molecule has 1 unspecified atom stereocenters. The molecule has 1 saturated heterocycles. The van der Waals surface area contributed by atoms with Gasteiger partial charge >= 0.3 is 0 Å². The molecular weight excluding hydrogens is 316 g/mol. The molecule has 1 atom stereocenters. The second-order valence-corrected chi connectivity index (χ2v) is 6.75. The lowest BCUT2D eigenvalue weighted by atomic mass is 9.88. The molecule has 2 heterocycles. The van der Waals surface area contributed by atoms with Gasteiger partial charge in [-0.2, -0.15) is 5.26 Å². The van der Waals surface area contributed by atoms with Crippen LogP contribution in [-0.2, 0) is 4.79 Å². The number of carbonyl (C=O) groups is 1. The number of nitriles is 1. The molecule has 1 fully saturated rings. The molecule has 130 valence electrons. The number of nitrogens with zero attached hydrogens (tertiary/aromatic N) is 3. The van der Waals surface area contributed by atoms with Crippen LogP contribution < -0.4 is 10.2 Å². The van der Waals surface area contributed by atoms with Crippen molar-refractivity contribution in [1.29, 1.82) is 5.26 Å². The number of aromatic nitrogens is 1. The SMILES string of the molecule is CNC(=O)CC1(O)CCCN(c2c(C#N)cnc3ccc(C)cc23)C1. The topological polar surface area (TPSA) is 89.2 Å². The number of hydrogen-bond donors (Lipinski definition) is 2. The smallest absolute Gasteiger partial charge is 0.222 e. The van der Waals surface area contributed by atoms with Gasteiger partial charge in [-0.15, -0.1) is 0 Å². The summed E-state index contributed by atoms with van der Waals surface area (Å²) in [7, 11) is 1.57. The van der Waals surface area contributed by atoms with E-state index in [0.717, 1.165) is 35.1 Å². The van der Waals surface area contributed by atoms with Gasteiger partial charge in [0.1, 0.15) is 6.07 Å². The second-order valence-electron chi connectivity index (χ2n) is 6.75. The summed E-state index contributed by atoms with van der Waals surface area (Å²) >= 11 is 0. The molecule has 2 aromatic rings. The molecule has 6 nitrogen and oxygen atoms in total. The van der Waals surface area contributed by atoms with Crippen LogP contribution in [0.2, 0.25) is 0 Å². The van der Waals surface area contributed by atoms with E-state index in [2.05, 4.69) is 16.4 Å². The highest BCUT2D eigenvalue weighted by molar-refractivity contribution is 5.95. The number of nitrogens with one attached hydrogen (secondary N) is 1. The quantitative estimate of drug-likeness (QED) is 0.892. The molecule has 1 aliphatic heterocycles. The first-order valence-corrected chi connectivity index (χ1v) is 8.43. The van der Waals surface area contributed by atoms with Gasteiger partial charge in [-0.1, -0.05) is 11.6 Å². The first-order valence-electron chi connectivity index (χ1n) is 8.43. The molecule has 0 bridgehead atoms. The van der Waals surface area contributed by atoms with Crippen molar-refractivity contribution in [2.75, 3.05) is 25.0 Å². The van der Waals surface area contributed by atoms with Crippen molar-refractivity contribution in [1.82, 2.24) is 10.3 Å². The highest BCUT2D eigenvalue weighted by Gasteiger charge is 2.36. The summed E-state index contributed by atoms with van der Waals surface area (Å²) in [5.74, 6) is -0.180. The van der Waals surface area contributed by atoms with Gasteiger partial charge < -0.3 is 15.3 Å². The minimum absolute atomic E-state index is 0.0595. The van der Waals surface area contributed by atoms with E-state index in [1.807, 2.05) is 30.0 Å². The Kier molecular flexibility index (Phi) is 4.60. The summed E-state index contributed by atoms with van der Waals surface area (Å²) < 4.78 is 0. The minimum Gasteiger partial charge on any atom is -0.388 e. The Morgan fingerprint density at radius 1 is 1.52 bits per heavy atom. The van der Waals surface area contributed by atoms with E-state index < -0.39 is 5.60 Å². The van der Waals surface area contributed by atoms with Crippen molar-refractivity contribution >= 4 is 22.5 Å². The lowest BCUT2D eigenvalue weighted by molar-refractivity contribution is -0.125. The molecule has 1 aromatic heterocycles. The van der Waals surface area contributed by atoms with E-state index in [1.165, 1.54) is 0 Å². The Labute approximate surface area is 147 Å². The molecule has 1 amide bonds. The van der Waals surface area contributed by atoms with Crippen molar-refractivity contribution in [2.45, 2.75) is 31.8 Å². The van der Waals surface area contributed by atoms with E-state index >= 15 is 0 Å². The van der Waals surface area contributed by atoms with Crippen LogP contribution in [0.5, 0.6) is 0 Å². The average molecular weight is 338 g/mol. The molecule has 25 heavy (non-hydrogen) atoms. The Morgan fingerprint density at radius 2 is 2.32 bits per heavy atom. The van der Waals surface area contributed by atoms with E-state index in [0.29, 0.717) is 18.5 Å². The average Bonchev–Trinajstić information content (AvgIpc) is 2.60. The molecule has 0 spiro atoms. The lowest BCUT2D eigenvalue weighted by Crippen LogP contribution is -2.50. The maximum atomic E-state index is 11.8. The van der Waals surface area contributed by atoms with E-state index in [4.69, 9.17) is 0 Å². The van der Waals surface area contributed by atoms with Gasteiger partial charge in [0.25, 0.3) is 0 Å². The van der Waals surface area contributed by atoms with Gasteiger partial charge in [-0.25, -0.2) is 0 Å². The number of carbonyl (C=O) groups excluding carboxylic acids is 1. The Morgan fingerprint density at radius 3 is 3.04 bits per heavy atom. The number of pyridine rings is 1. The fourth-order valence-electron chi connectivity index (χ4n) is 3.55. The van der Waals surface area contributed by atoms with Gasteiger partial charge in [0.2, 0.25) is 5.91 Å². The molecule has 6 heteroatoms. The fraction of sp³-hybridized carbons (Fsp3) is 0.421. The highest BCUT2D eigenvalue weighted by atomic mass is 16.3. The van der Waals surface area contributed by atoms with Crippen molar-refractivity contribution < 1.29 is 9.90 Å². The summed E-state index contributed by atoms with van der Waals surface area (Å²) in [5, 5.41) is 23.9. The lowest BCUT2D eigenvalue weighted by Gasteiger charge is -2.40. The van der Waals surface area contributed by atoms with Crippen LogP contribution in [0, 0.1) is 18.3 Å². The van der Waals surface area contributed by atoms with Gasteiger partial charge in [0.05, 0.1) is 28.8 Å². The zero-order valence-corrected chi connectivity index (χ0v) is 14.5. The molecule has 0 aliphatic carbocycles. The number of fused-ring (bicyclic) bond motifs is 1. The largest absolute Gasteiger partial charge is 0.388 e. The summed E-state index contributed by atoms with van der Waals surface area (Å²) in [4.78, 5) is 18.1. The summed E-state index contributed by atoms with van der Waals surface area (Å²) in [6, 6.07) is 8.17.